The SMILES string of the molecule is CCNC(CCc1ccco1)c1cscc1Br. The molecule has 0 amide bonds. The van der Waals surface area contributed by atoms with Crippen LogP contribution >= 0.6 is 27.3 Å². The summed E-state index contributed by atoms with van der Waals surface area (Å²) in [5, 5.41) is 7.86. The number of hydrogen-bond donors (Lipinski definition) is 1. The largest absolute Gasteiger partial charge is 0.469 e. The lowest BCUT2D eigenvalue weighted by atomic mass is 10.0. The smallest absolute Gasteiger partial charge is 0.103 e. The number of nitrogens with one attached hydrogen (secondary N) is 1. The van der Waals surface area contributed by atoms with Crippen LogP contribution in [0.25, 0.3) is 0 Å². The minimum atomic E-state index is 0.394. The monoisotopic (exact) mass is 313 g/mol. The number of halogens is 1. The predicted molar refractivity (Wildman–Crippen MR) is 75.5 cm³/mol. The number of rotatable bonds is 6. The van der Waals surface area contributed by atoms with Gasteiger partial charge in [-0.05, 0) is 52.0 Å². The molecule has 0 fully saturated rings. The summed E-state index contributed by atoms with van der Waals surface area (Å²) in [6.45, 7) is 3.12. The molecule has 2 nitrogen and oxygen atoms in total. The van der Waals surface area contributed by atoms with Crippen LogP contribution in [0, 0.1) is 0 Å². The van der Waals surface area contributed by atoms with Crippen LogP contribution in [0.3, 0.4) is 0 Å². The van der Waals surface area contributed by atoms with Gasteiger partial charge in [0.15, 0.2) is 0 Å². The van der Waals surface area contributed by atoms with E-state index in [0.717, 1.165) is 25.1 Å². The first-order valence-electron chi connectivity index (χ1n) is 5.78. The van der Waals surface area contributed by atoms with Crippen LogP contribution < -0.4 is 5.32 Å². The molecule has 0 aliphatic carbocycles. The second kappa shape index (κ2) is 6.38. The highest BCUT2D eigenvalue weighted by Crippen LogP contribution is 2.30. The molecule has 92 valence electrons. The summed E-state index contributed by atoms with van der Waals surface area (Å²) in [7, 11) is 0. The minimum absolute atomic E-state index is 0.394. The van der Waals surface area contributed by atoms with Gasteiger partial charge in [0.2, 0.25) is 0 Å². The van der Waals surface area contributed by atoms with Crippen LogP contribution in [0.5, 0.6) is 0 Å². The lowest BCUT2D eigenvalue weighted by Crippen LogP contribution is -2.21. The lowest BCUT2D eigenvalue weighted by Gasteiger charge is -2.17. The van der Waals surface area contributed by atoms with Crippen molar-refractivity contribution in [2.45, 2.75) is 25.8 Å². The Labute approximate surface area is 114 Å². The van der Waals surface area contributed by atoms with E-state index in [-0.39, 0.29) is 0 Å². The van der Waals surface area contributed by atoms with E-state index in [0.29, 0.717) is 6.04 Å². The van der Waals surface area contributed by atoms with Gasteiger partial charge < -0.3 is 9.73 Å². The highest BCUT2D eigenvalue weighted by molar-refractivity contribution is 9.10. The van der Waals surface area contributed by atoms with E-state index < -0.39 is 0 Å². The fraction of sp³-hybridized carbons (Fsp3) is 0.385. The fourth-order valence-electron chi connectivity index (χ4n) is 1.90. The number of aryl methyl sites for hydroxylation is 1. The second-order valence-corrected chi connectivity index (χ2v) is 5.50. The van der Waals surface area contributed by atoms with E-state index in [1.807, 2.05) is 12.1 Å². The first kappa shape index (κ1) is 12.9. The van der Waals surface area contributed by atoms with E-state index in [2.05, 4.69) is 38.9 Å². The first-order chi connectivity index (χ1) is 8.31. The van der Waals surface area contributed by atoms with Crippen molar-refractivity contribution in [1.82, 2.24) is 5.32 Å². The van der Waals surface area contributed by atoms with Crippen molar-refractivity contribution in [3.05, 3.63) is 45.0 Å². The predicted octanol–water partition coefficient (Wildman–Crippen LogP) is 4.39. The van der Waals surface area contributed by atoms with Crippen molar-refractivity contribution >= 4 is 27.3 Å². The molecule has 1 N–H and O–H groups in total. The van der Waals surface area contributed by atoms with E-state index >= 15 is 0 Å². The van der Waals surface area contributed by atoms with Gasteiger partial charge >= 0.3 is 0 Å². The molecule has 0 saturated carbocycles. The number of hydrogen-bond acceptors (Lipinski definition) is 3. The zero-order chi connectivity index (χ0) is 12.1. The van der Waals surface area contributed by atoms with E-state index in [1.54, 1.807) is 17.6 Å². The second-order valence-electron chi connectivity index (χ2n) is 3.90. The Morgan fingerprint density at radius 1 is 1.47 bits per heavy atom. The molecular formula is C13H16BrNOS. The summed E-state index contributed by atoms with van der Waals surface area (Å²) in [6, 6.07) is 4.37. The molecule has 1 unspecified atom stereocenters. The van der Waals surface area contributed by atoms with Crippen molar-refractivity contribution < 1.29 is 4.42 Å². The quantitative estimate of drug-likeness (QED) is 0.855. The Balaban J connectivity index is 2.00. The third-order valence-electron chi connectivity index (χ3n) is 2.73. The normalized spacial score (nSPS) is 12.8. The van der Waals surface area contributed by atoms with Crippen LogP contribution in [-0.2, 0) is 6.42 Å². The van der Waals surface area contributed by atoms with Crippen LogP contribution in [0.15, 0.2) is 38.0 Å². The van der Waals surface area contributed by atoms with Crippen LogP contribution in [0.1, 0.15) is 30.7 Å². The molecular weight excluding hydrogens is 298 g/mol. The van der Waals surface area contributed by atoms with Gasteiger partial charge in [-0.3, -0.25) is 0 Å². The van der Waals surface area contributed by atoms with Gasteiger partial charge in [-0.2, -0.15) is 11.3 Å². The van der Waals surface area contributed by atoms with Crippen molar-refractivity contribution in [2.24, 2.45) is 0 Å². The summed E-state index contributed by atoms with van der Waals surface area (Å²) in [5.41, 5.74) is 1.35. The lowest BCUT2D eigenvalue weighted by molar-refractivity contribution is 0.458. The molecule has 17 heavy (non-hydrogen) atoms. The average Bonchev–Trinajstić information content (AvgIpc) is 2.95. The van der Waals surface area contributed by atoms with Crippen LogP contribution in [0.4, 0.5) is 0 Å². The van der Waals surface area contributed by atoms with Gasteiger partial charge in [-0.25, -0.2) is 0 Å². The molecule has 0 aliphatic heterocycles. The van der Waals surface area contributed by atoms with E-state index in [4.69, 9.17) is 4.42 Å². The van der Waals surface area contributed by atoms with E-state index in [9.17, 15) is 0 Å². The third kappa shape index (κ3) is 3.44. The fourth-order valence-corrected chi connectivity index (χ4v) is 3.52. The summed E-state index contributed by atoms with van der Waals surface area (Å²) in [6.07, 6.45) is 3.75. The first-order valence-corrected chi connectivity index (χ1v) is 7.52. The minimum Gasteiger partial charge on any atom is -0.469 e. The van der Waals surface area contributed by atoms with Crippen LogP contribution in [0.2, 0.25) is 0 Å². The van der Waals surface area contributed by atoms with Crippen molar-refractivity contribution in [2.75, 3.05) is 6.54 Å². The molecule has 4 heteroatoms. The Hall–Kier alpha value is -0.580. The number of thiophene rings is 1. The summed E-state index contributed by atoms with van der Waals surface area (Å²) in [4.78, 5) is 0. The van der Waals surface area contributed by atoms with Crippen molar-refractivity contribution in [1.29, 1.82) is 0 Å². The molecule has 2 heterocycles. The van der Waals surface area contributed by atoms with Gasteiger partial charge in [0.1, 0.15) is 5.76 Å². The maximum atomic E-state index is 5.37. The molecule has 0 bridgehead atoms. The summed E-state index contributed by atoms with van der Waals surface area (Å²) in [5.74, 6) is 1.05. The third-order valence-corrected chi connectivity index (χ3v) is 4.48. The van der Waals surface area contributed by atoms with E-state index in [1.165, 1.54) is 10.0 Å². The zero-order valence-electron chi connectivity index (χ0n) is 9.78. The molecule has 1 atom stereocenters. The van der Waals surface area contributed by atoms with Gasteiger partial charge in [0.05, 0.1) is 6.26 Å². The number of furan rings is 1. The molecule has 2 rings (SSSR count). The Bertz CT molecular complexity index is 438. The molecule has 0 aromatic carbocycles. The van der Waals surface area contributed by atoms with Gasteiger partial charge in [-0.1, -0.05) is 6.92 Å². The van der Waals surface area contributed by atoms with Gasteiger partial charge in [-0.15, -0.1) is 0 Å². The molecule has 0 saturated heterocycles. The average molecular weight is 314 g/mol. The highest BCUT2D eigenvalue weighted by atomic mass is 79.9. The highest BCUT2D eigenvalue weighted by Gasteiger charge is 2.14. The molecule has 0 aliphatic rings. The zero-order valence-corrected chi connectivity index (χ0v) is 12.2. The molecule has 2 aromatic heterocycles. The molecule has 0 radical (unpaired) electrons. The Morgan fingerprint density at radius 3 is 2.94 bits per heavy atom. The van der Waals surface area contributed by atoms with Gasteiger partial charge in [0.25, 0.3) is 0 Å². The van der Waals surface area contributed by atoms with Crippen molar-refractivity contribution in [3.8, 4) is 0 Å². The standard InChI is InChI=1S/C13H16BrNOS/c1-2-15-13(11-8-17-9-12(11)14)6-5-10-4-3-7-16-10/h3-4,7-9,13,15H,2,5-6H2,1H3. The topological polar surface area (TPSA) is 25.2 Å². The summed E-state index contributed by atoms with van der Waals surface area (Å²) < 4.78 is 6.57. The molecule has 0 spiro atoms. The van der Waals surface area contributed by atoms with Crippen LogP contribution in [-0.4, -0.2) is 6.54 Å². The molecule has 2 aromatic rings. The van der Waals surface area contributed by atoms with Gasteiger partial charge in [0, 0.05) is 22.3 Å². The Morgan fingerprint density at radius 2 is 2.35 bits per heavy atom. The van der Waals surface area contributed by atoms with Crippen molar-refractivity contribution in [3.63, 3.8) is 0 Å². The Kier molecular flexibility index (Phi) is 4.83. The maximum absolute atomic E-state index is 5.37. The summed E-state index contributed by atoms with van der Waals surface area (Å²) >= 11 is 5.34. The maximum Gasteiger partial charge on any atom is 0.103 e.